The second kappa shape index (κ2) is 8.61. The van der Waals surface area contributed by atoms with Crippen LogP contribution in [0.1, 0.15) is 18.9 Å². The molecule has 4 aromatic rings. The van der Waals surface area contributed by atoms with Gasteiger partial charge in [0, 0.05) is 17.8 Å². The summed E-state index contributed by atoms with van der Waals surface area (Å²) in [5.41, 5.74) is 1.10. The smallest absolute Gasteiger partial charge is 0.410 e. The van der Waals surface area contributed by atoms with Crippen molar-refractivity contribution in [1.82, 2.24) is 19.5 Å². The molecule has 2 aromatic heterocycles. The minimum absolute atomic E-state index is 0.185. The standard InChI is InChI=1S/C22H18N6O4/c1-2-11-28-20(29)17-19(27-21(28)30)26-18(25-17)14-5-9-16(10-6-14)32-22(31)24-15-7-3-13(12-23)4-8-15/h3-10H,2,11H2,1H3,(H,24,31)(H,25,26)(H,27,30). The maximum absolute atomic E-state index is 12.5. The number of aromatic nitrogens is 4. The number of aromatic amines is 2. The highest BCUT2D eigenvalue weighted by Crippen LogP contribution is 2.21. The van der Waals surface area contributed by atoms with Crippen LogP contribution in [0.4, 0.5) is 10.5 Å². The van der Waals surface area contributed by atoms with Crippen LogP contribution < -0.4 is 21.3 Å². The van der Waals surface area contributed by atoms with E-state index in [0.29, 0.717) is 41.4 Å². The number of nitriles is 1. The Kier molecular flexibility index (Phi) is 5.55. The number of H-pyrrole nitrogens is 2. The molecular formula is C22H18N6O4. The maximum atomic E-state index is 12.5. The molecule has 0 aliphatic carbocycles. The van der Waals surface area contributed by atoms with Crippen LogP contribution in [0.2, 0.25) is 0 Å². The molecule has 0 unspecified atom stereocenters. The summed E-state index contributed by atoms with van der Waals surface area (Å²) in [7, 11) is 0. The Morgan fingerprint density at radius 2 is 1.84 bits per heavy atom. The molecule has 0 aliphatic rings. The number of imidazole rings is 1. The predicted octanol–water partition coefficient (Wildman–Crippen LogP) is 2.97. The zero-order valence-corrected chi connectivity index (χ0v) is 17.0. The Hall–Kier alpha value is -4.65. The molecule has 32 heavy (non-hydrogen) atoms. The first-order valence-electron chi connectivity index (χ1n) is 9.80. The molecule has 0 fully saturated rings. The average Bonchev–Trinajstić information content (AvgIpc) is 3.22. The first kappa shape index (κ1) is 20.6. The highest BCUT2D eigenvalue weighted by Gasteiger charge is 2.13. The van der Waals surface area contributed by atoms with Gasteiger partial charge in [0.15, 0.2) is 5.65 Å². The van der Waals surface area contributed by atoms with E-state index in [1.54, 1.807) is 48.5 Å². The molecule has 0 bridgehead atoms. The molecular weight excluding hydrogens is 412 g/mol. The third kappa shape index (κ3) is 4.13. The molecule has 0 saturated carbocycles. The van der Waals surface area contributed by atoms with Crippen molar-refractivity contribution in [2.75, 3.05) is 5.32 Å². The molecule has 4 rings (SSSR count). The van der Waals surface area contributed by atoms with E-state index in [-0.39, 0.29) is 11.2 Å². The number of carbonyl (C=O) groups is 1. The molecule has 0 saturated heterocycles. The van der Waals surface area contributed by atoms with E-state index in [1.165, 1.54) is 0 Å². The number of hydrogen-bond donors (Lipinski definition) is 3. The van der Waals surface area contributed by atoms with Crippen molar-refractivity contribution in [1.29, 1.82) is 5.26 Å². The summed E-state index contributed by atoms with van der Waals surface area (Å²) in [4.78, 5) is 46.6. The van der Waals surface area contributed by atoms with Crippen LogP contribution in [-0.4, -0.2) is 25.6 Å². The number of nitrogens with zero attached hydrogens (tertiary/aromatic N) is 3. The predicted molar refractivity (Wildman–Crippen MR) is 118 cm³/mol. The zero-order valence-electron chi connectivity index (χ0n) is 17.0. The van der Waals surface area contributed by atoms with Gasteiger partial charge in [-0.15, -0.1) is 0 Å². The van der Waals surface area contributed by atoms with Crippen LogP contribution >= 0.6 is 0 Å². The summed E-state index contributed by atoms with van der Waals surface area (Å²) in [6.07, 6.45) is -0.0318. The summed E-state index contributed by atoms with van der Waals surface area (Å²) in [5, 5.41) is 11.4. The van der Waals surface area contributed by atoms with Gasteiger partial charge < -0.3 is 9.72 Å². The summed E-state index contributed by atoms with van der Waals surface area (Å²) in [5.74, 6) is 0.699. The second-order valence-electron chi connectivity index (χ2n) is 6.92. The van der Waals surface area contributed by atoms with Crippen LogP contribution in [0.25, 0.3) is 22.6 Å². The third-order valence-electron chi connectivity index (χ3n) is 4.68. The molecule has 0 spiro atoms. The zero-order chi connectivity index (χ0) is 22.7. The van der Waals surface area contributed by atoms with Gasteiger partial charge in [-0.25, -0.2) is 14.6 Å². The first-order valence-corrected chi connectivity index (χ1v) is 9.80. The van der Waals surface area contributed by atoms with Crippen molar-refractivity contribution in [3.63, 3.8) is 0 Å². The normalized spacial score (nSPS) is 10.6. The van der Waals surface area contributed by atoms with Gasteiger partial charge >= 0.3 is 11.8 Å². The number of amides is 1. The topological polar surface area (TPSA) is 146 Å². The van der Waals surface area contributed by atoms with E-state index >= 15 is 0 Å². The Balaban J connectivity index is 1.50. The van der Waals surface area contributed by atoms with Crippen molar-refractivity contribution in [3.8, 4) is 23.2 Å². The lowest BCUT2D eigenvalue weighted by molar-refractivity contribution is 0.215. The van der Waals surface area contributed by atoms with Gasteiger partial charge in [-0.2, -0.15) is 5.26 Å². The van der Waals surface area contributed by atoms with Crippen LogP contribution in [0.15, 0.2) is 58.1 Å². The fourth-order valence-electron chi connectivity index (χ4n) is 3.14. The van der Waals surface area contributed by atoms with E-state index in [1.807, 2.05) is 13.0 Å². The van der Waals surface area contributed by atoms with Gasteiger partial charge in [0.05, 0.1) is 11.6 Å². The first-order chi connectivity index (χ1) is 15.5. The molecule has 3 N–H and O–H groups in total. The fraction of sp³-hybridized carbons (Fsp3) is 0.136. The minimum atomic E-state index is -0.680. The Bertz CT molecular complexity index is 1440. The van der Waals surface area contributed by atoms with Crippen molar-refractivity contribution in [2.45, 2.75) is 19.9 Å². The lowest BCUT2D eigenvalue weighted by Gasteiger charge is -2.07. The van der Waals surface area contributed by atoms with Crippen molar-refractivity contribution >= 4 is 22.9 Å². The Morgan fingerprint density at radius 1 is 1.12 bits per heavy atom. The molecule has 1 amide bonds. The van der Waals surface area contributed by atoms with Gasteiger partial charge in [-0.1, -0.05) is 6.92 Å². The second-order valence-corrected chi connectivity index (χ2v) is 6.92. The summed E-state index contributed by atoms with van der Waals surface area (Å²) in [6.45, 7) is 2.19. The molecule has 2 aromatic carbocycles. The summed E-state index contributed by atoms with van der Waals surface area (Å²) >= 11 is 0. The number of ether oxygens (including phenoxy) is 1. The van der Waals surface area contributed by atoms with Gasteiger partial charge in [0.2, 0.25) is 0 Å². The Labute approximate surface area is 181 Å². The number of anilines is 1. The molecule has 160 valence electrons. The van der Waals surface area contributed by atoms with E-state index in [2.05, 4.69) is 20.3 Å². The molecule has 10 heteroatoms. The monoisotopic (exact) mass is 430 g/mol. The SMILES string of the molecule is CCCn1c(=O)[nH]c2nc(-c3ccc(OC(=O)Nc4ccc(C#N)cc4)cc3)[nH]c2c1=O. The number of hydrogen-bond acceptors (Lipinski definition) is 6. The van der Waals surface area contributed by atoms with Gasteiger partial charge in [-0.05, 0) is 55.0 Å². The minimum Gasteiger partial charge on any atom is -0.410 e. The lowest BCUT2D eigenvalue weighted by atomic mass is 10.2. The van der Waals surface area contributed by atoms with Gasteiger partial charge in [-0.3, -0.25) is 19.7 Å². The largest absolute Gasteiger partial charge is 0.417 e. The molecule has 2 heterocycles. The van der Waals surface area contributed by atoms with Gasteiger partial charge in [0.1, 0.15) is 17.1 Å². The highest BCUT2D eigenvalue weighted by molar-refractivity contribution is 5.86. The van der Waals surface area contributed by atoms with Crippen molar-refractivity contribution in [3.05, 3.63) is 74.9 Å². The van der Waals surface area contributed by atoms with Crippen LogP contribution in [0, 0.1) is 11.3 Å². The number of rotatable bonds is 5. The number of fused-ring (bicyclic) bond motifs is 1. The van der Waals surface area contributed by atoms with Crippen LogP contribution in [0.3, 0.4) is 0 Å². The molecule has 0 radical (unpaired) electrons. The van der Waals surface area contributed by atoms with Crippen LogP contribution in [-0.2, 0) is 6.54 Å². The highest BCUT2D eigenvalue weighted by atomic mass is 16.6. The average molecular weight is 430 g/mol. The van der Waals surface area contributed by atoms with E-state index in [4.69, 9.17) is 10.00 Å². The molecule has 0 aliphatic heterocycles. The van der Waals surface area contributed by atoms with E-state index in [9.17, 15) is 14.4 Å². The summed E-state index contributed by atoms with van der Waals surface area (Å²) in [6, 6.07) is 14.9. The van der Waals surface area contributed by atoms with Gasteiger partial charge in [0.25, 0.3) is 5.56 Å². The summed E-state index contributed by atoms with van der Waals surface area (Å²) < 4.78 is 6.39. The van der Waals surface area contributed by atoms with E-state index in [0.717, 1.165) is 4.57 Å². The fourth-order valence-corrected chi connectivity index (χ4v) is 3.14. The number of benzene rings is 2. The van der Waals surface area contributed by atoms with Crippen molar-refractivity contribution < 1.29 is 9.53 Å². The van der Waals surface area contributed by atoms with Crippen LogP contribution in [0.5, 0.6) is 5.75 Å². The molecule has 10 nitrogen and oxygen atoms in total. The Morgan fingerprint density at radius 3 is 2.50 bits per heavy atom. The molecule has 0 atom stereocenters. The lowest BCUT2D eigenvalue weighted by Crippen LogP contribution is -2.34. The quantitative estimate of drug-likeness (QED) is 0.444. The third-order valence-corrected chi connectivity index (χ3v) is 4.68. The number of carbonyl (C=O) groups excluding carboxylic acids is 1. The van der Waals surface area contributed by atoms with E-state index < -0.39 is 17.3 Å². The maximum Gasteiger partial charge on any atom is 0.417 e. The van der Waals surface area contributed by atoms with Crippen molar-refractivity contribution in [2.24, 2.45) is 0 Å². The number of nitrogens with one attached hydrogen (secondary N) is 3.